The lowest BCUT2D eigenvalue weighted by atomic mass is 10.2. The number of carbonyl (C=O) groups excluding carboxylic acids is 1. The smallest absolute Gasteiger partial charge is 0.261 e. The van der Waals surface area contributed by atoms with Crippen LogP contribution in [0.25, 0.3) is 0 Å². The van der Waals surface area contributed by atoms with Crippen molar-refractivity contribution in [1.29, 1.82) is 0 Å². The lowest BCUT2D eigenvalue weighted by Gasteiger charge is -2.17. The van der Waals surface area contributed by atoms with E-state index in [0.29, 0.717) is 40.8 Å². The molecule has 0 aliphatic carbocycles. The predicted octanol–water partition coefficient (Wildman–Crippen LogP) is 4.69. The maximum Gasteiger partial charge on any atom is 0.261 e. The van der Waals surface area contributed by atoms with Gasteiger partial charge in [-0.15, -0.1) is 0 Å². The third-order valence-corrected chi connectivity index (χ3v) is 4.74. The van der Waals surface area contributed by atoms with E-state index in [1.807, 2.05) is 13.0 Å². The van der Waals surface area contributed by atoms with E-state index in [1.165, 1.54) is 6.07 Å². The fraction of sp³-hybridized carbons (Fsp3) is 0.316. The molecule has 25 heavy (non-hydrogen) atoms. The van der Waals surface area contributed by atoms with Gasteiger partial charge in [-0.25, -0.2) is 4.39 Å². The van der Waals surface area contributed by atoms with Gasteiger partial charge in [0.05, 0.1) is 0 Å². The highest BCUT2D eigenvalue weighted by atomic mass is 35.5. The molecule has 1 N–H and O–H groups in total. The van der Waals surface area contributed by atoms with Gasteiger partial charge in [-0.05, 0) is 36.2 Å². The molecule has 6 heteroatoms. The Labute approximate surface area is 156 Å². The maximum atomic E-state index is 13.5. The van der Waals surface area contributed by atoms with Crippen LogP contribution < -0.4 is 10.1 Å². The van der Waals surface area contributed by atoms with Gasteiger partial charge < -0.3 is 10.1 Å². The Hall–Kier alpha value is -1.72. The molecule has 0 aromatic heterocycles. The summed E-state index contributed by atoms with van der Waals surface area (Å²) < 4.78 is 19.2. The molecule has 0 saturated carbocycles. The SMILES string of the molecule is CC[C@H](Oc1cccc(Cl)c1)C(=O)NCCSCc1ccccc1F. The molecular weight excluding hydrogens is 361 g/mol. The zero-order chi connectivity index (χ0) is 18.1. The largest absolute Gasteiger partial charge is 0.481 e. The number of halogens is 2. The number of thioether (sulfide) groups is 1. The number of amides is 1. The van der Waals surface area contributed by atoms with E-state index in [4.69, 9.17) is 16.3 Å². The second-order valence-corrected chi connectivity index (χ2v) is 6.95. The summed E-state index contributed by atoms with van der Waals surface area (Å²) in [5.41, 5.74) is 0.676. The van der Waals surface area contributed by atoms with E-state index in [9.17, 15) is 9.18 Å². The van der Waals surface area contributed by atoms with E-state index in [0.717, 1.165) is 0 Å². The summed E-state index contributed by atoms with van der Waals surface area (Å²) >= 11 is 7.50. The van der Waals surface area contributed by atoms with E-state index in [2.05, 4.69) is 5.32 Å². The Morgan fingerprint density at radius 2 is 2.08 bits per heavy atom. The molecule has 0 aliphatic rings. The molecule has 0 aliphatic heterocycles. The predicted molar refractivity (Wildman–Crippen MR) is 102 cm³/mol. The first-order valence-electron chi connectivity index (χ1n) is 8.11. The van der Waals surface area contributed by atoms with Gasteiger partial charge >= 0.3 is 0 Å². The van der Waals surface area contributed by atoms with Crippen LogP contribution in [0.4, 0.5) is 4.39 Å². The number of rotatable bonds is 9. The number of hydrogen-bond acceptors (Lipinski definition) is 3. The van der Waals surface area contributed by atoms with E-state index < -0.39 is 6.10 Å². The molecule has 0 spiro atoms. The number of hydrogen-bond donors (Lipinski definition) is 1. The Morgan fingerprint density at radius 1 is 1.28 bits per heavy atom. The first kappa shape index (κ1) is 19.6. The Bertz CT molecular complexity index is 699. The normalized spacial score (nSPS) is 11.8. The number of ether oxygens (including phenoxy) is 1. The van der Waals surface area contributed by atoms with Crippen molar-refractivity contribution in [3.8, 4) is 5.75 Å². The lowest BCUT2D eigenvalue weighted by Crippen LogP contribution is -2.39. The molecule has 1 amide bonds. The van der Waals surface area contributed by atoms with Gasteiger partial charge in [0.1, 0.15) is 11.6 Å². The average Bonchev–Trinajstić information content (AvgIpc) is 2.60. The summed E-state index contributed by atoms with van der Waals surface area (Å²) in [5, 5.41) is 3.42. The van der Waals surface area contributed by atoms with Gasteiger partial charge in [0, 0.05) is 23.1 Å². The van der Waals surface area contributed by atoms with Gasteiger partial charge in [0.25, 0.3) is 5.91 Å². The fourth-order valence-electron chi connectivity index (χ4n) is 2.18. The molecule has 0 bridgehead atoms. The summed E-state index contributed by atoms with van der Waals surface area (Å²) in [5.74, 6) is 1.50. The molecule has 0 fully saturated rings. The molecular formula is C19H21ClFNO2S. The average molecular weight is 382 g/mol. The molecule has 2 aromatic rings. The van der Waals surface area contributed by atoms with Crippen LogP contribution in [0.3, 0.4) is 0 Å². The van der Waals surface area contributed by atoms with Crippen LogP contribution in [0.1, 0.15) is 18.9 Å². The van der Waals surface area contributed by atoms with Gasteiger partial charge in [-0.3, -0.25) is 4.79 Å². The van der Waals surface area contributed by atoms with Crippen molar-refractivity contribution >= 4 is 29.3 Å². The van der Waals surface area contributed by atoms with Gasteiger partial charge in [0.2, 0.25) is 0 Å². The summed E-state index contributed by atoms with van der Waals surface area (Å²) in [7, 11) is 0. The third-order valence-electron chi connectivity index (χ3n) is 3.50. The minimum atomic E-state index is -0.560. The number of nitrogens with one attached hydrogen (secondary N) is 1. The van der Waals surface area contributed by atoms with Crippen molar-refractivity contribution in [1.82, 2.24) is 5.32 Å². The molecule has 1 atom stereocenters. The quantitative estimate of drug-likeness (QED) is 0.640. The van der Waals surface area contributed by atoms with Crippen LogP contribution in [0.2, 0.25) is 5.02 Å². The summed E-state index contributed by atoms with van der Waals surface area (Å²) in [6.45, 7) is 2.40. The molecule has 0 radical (unpaired) electrons. The summed E-state index contributed by atoms with van der Waals surface area (Å²) in [6, 6.07) is 13.7. The molecule has 0 heterocycles. The van der Waals surface area contributed by atoms with Crippen LogP contribution in [-0.2, 0) is 10.5 Å². The highest BCUT2D eigenvalue weighted by molar-refractivity contribution is 7.98. The number of carbonyl (C=O) groups is 1. The van der Waals surface area contributed by atoms with E-state index in [-0.39, 0.29) is 11.7 Å². The zero-order valence-corrected chi connectivity index (χ0v) is 15.6. The van der Waals surface area contributed by atoms with Crippen LogP contribution in [0, 0.1) is 5.82 Å². The highest BCUT2D eigenvalue weighted by Crippen LogP contribution is 2.19. The molecule has 134 valence electrons. The maximum absolute atomic E-state index is 13.5. The van der Waals surface area contributed by atoms with Crippen LogP contribution in [0.5, 0.6) is 5.75 Å². The minimum absolute atomic E-state index is 0.158. The minimum Gasteiger partial charge on any atom is -0.481 e. The standard InChI is InChI=1S/C19H21ClFNO2S/c1-2-18(24-16-8-5-7-15(20)12-16)19(23)22-10-11-25-13-14-6-3-4-9-17(14)21/h3-9,12,18H,2,10-11,13H2,1H3,(H,22,23)/t18-/m0/s1. The Balaban J connectivity index is 1.72. The van der Waals surface area contributed by atoms with Crippen molar-refractivity contribution in [2.24, 2.45) is 0 Å². The first-order valence-corrected chi connectivity index (χ1v) is 9.64. The third kappa shape index (κ3) is 6.59. The first-order chi connectivity index (χ1) is 12.1. The molecule has 2 aromatic carbocycles. The highest BCUT2D eigenvalue weighted by Gasteiger charge is 2.17. The van der Waals surface area contributed by atoms with E-state index in [1.54, 1.807) is 48.2 Å². The molecule has 0 saturated heterocycles. The van der Waals surface area contributed by atoms with E-state index >= 15 is 0 Å². The number of benzene rings is 2. The topological polar surface area (TPSA) is 38.3 Å². The molecule has 2 rings (SSSR count). The van der Waals surface area contributed by atoms with Crippen molar-refractivity contribution in [2.45, 2.75) is 25.2 Å². The summed E-state index contributed by atoms with van der Waals surface area (Å²) in [4.78, 5) is 12.2. The van der Waals surface area contributed by atoms with Crippen molar-refractivity contribution < 1.29 is 13.9 Å². The fourth-order valence-corrected chi connectivity index (χ4v) is 3.21. The second-order valence-electron chi connectivity index (χ2n) is 5.41. The lowest BCUT2D eigenvalue weighted by molar-refractivity contribution is -0.127. The van der Waals surface area contributed by atoms with Gasteiger partial charge in [-0.1, -0.05) is 42.8 Å². The monoisotopic (exact) mass is 381 g/mol. The van der Waals surface area contributed by atoms with Crippen molar-refractivity contribution in [2.75, 3.05) is 12.3 Å². The van der Waals surface area contributed by atoms with Crippen molar-refractivity contribution in [3.63, 3.8) is 0 Å². The molecule has 0 unspecified atom stereocenters. The van der Waals surface area contributed by atoms with Crippen molar-refractivity contribution in [3.05, 3.63) is 64.9 Å². The van der Waals surface area contributed by atoms with Crippen LogP contribution in [0.15, 0.2) is 48.5 Å². The van der Waals surface area contributed by atoms with Crippen LogP contribution >= 0.6 is 23.4 Å². The Kier molecular flexibility index (Phi) is 8.09. The zero-order valence-electron chi connectivity index (χ0n) is 14.0. The van der Waals surface area contributed by atoms with Gasteiger partial charge in [0.15, 0.2) is 6.10 Å². The van der Waals surface area contributed by atoms with Crippen LogP contribution in [-0.4, -0.2) is 24.3 Å². The van der Waals surface area contributed by atoms with Gasteiger partial charge in [-0.2, -0.15) is 11.8 Å². The summed E-state index contributed by atoms with van der Waals surface area (Å²) in [6.07, 6.45) is -0.00389. The second kappa shape index (κ2) is 10.3. The molecule has 3 nitrogen and oxygen atoms in total. The Morgan fingerprint density at radius 3 is 2.80 bits per heavy atom.